The zero-order valence-electron chi connectivity index (χ0n) is 13.7. The topological polar surface area (TPSA) is 40.1 Å². The van der Waals surface area contributed by atoms with Crippen LogP contribution in [0.25, 0.3) is 0 Å². The van der Waals surface area contributed by atoms with E-state index in [0.29, 0.717) is 0 Å². The van der Waals surface area contributed by atoms with Gasteiger partial charge in [0, 0.05) is 6.47 Å². The normalized spacial score (nSPS) is 10.4. The molecule has 0 amide bonds. The summed E-state index contributed by atoms with van der Waals surface area (Å²) in [4.78, 5) is 8.25. The summed E-state index contributed by atoms with van der Waals surface area (Å²) in [6.07, 6.45) is 1.14. The van der Waals surface area contributed by atoms with E-state index in [1.807, 2.05) is 0 Å². The zero-order valence-corrected chi connectivity index (χ0v) is 14.6. The average molecular weight is 336 g/mol. The van der Waals surface area contributed by atoms with Crippen molar-refractivity contribution in [2.45, 2.75) is 6.92 Å². The summed E-state index contributed by atoms with van der Waals surface area (Å²) >= 11 is 0. The molecule has 24 heavy (non-hydrogen) atoms. The van der Waals surface area contributed by atoms with Crippen LogP contribution >= 0.6 is 7.26 Å². The van der Waals surface area contributed by atoms with Gasteiger partial charge in [-0.25, -0.2) is 0 Å². The molecule has 0 heterocycles. The van der Waals surface area contributed by atoms with Crippen molar-refractivity contribution in [3.8, 4) is 0 Å². The van der Waals surface area contributed by atoms with Crippen molar-refractivity contribution in [1.82, 2.24) is 0 Å². The highest BCUT2D eigenvalue weighted by molar-refractivity contribution is 7.95. The van der Waals surface area contributed by atoms with Crippen molar-refractivity contribution in [2.24, 2.45) is 0 Å². The van der Waals surface area contributed by atoms with E-state index in [1.54, 1.807) is 0 Å². The molecule has 0 aliphatic heterocycles. The van der Waals surface area contributed by atoms with Crippen molar-refractivity contribution in [3.63, 3.8) is 0 Å². The van der Waals surface area contributed by atoms with E-state index in [4.69, 9.17) is 9.90 Å². The standard InChI is InChI=1S/C20H20P.CH2O2/c1-2-21(18-12-6-3-7-13-18,19-14-8-4-9-15-19)20-16-10-5-11-17-20;2-1-3/h3-17H,2H2,1H3;1H,(H,2,3)/q+1;/p-1. The highest BCUT2D eigenvalue weighted by Gasteiger charge is 2.43. The monoisotopic (exact) mass is 336 g/mol. The van der Waals surface area contributed by atoms with Crippen molar-refractivity contribution in [3.05, 3.63) is 91.0 Å². The van der Waals surface area contributed by atoms with Gasteiger partial charge < -0.3 is 9.90 Å². The molecule has 3 heteroatoms. The van der Waals surface area contributed by atoms with Crippen LogP contribution in [0.1, 0.15) is 6.92 Å². The summed E-state index contributed by atoms with van der Waals surface area (Å²) < 4.78 is 0. The molecular weight excluding hydrogens is 315 g/mol. The number of carbonyl (C=O) groups excluding carboxylic acids is 1. The summed E-state index contributed by atoms with van der Waals surface area (Å²) in [5.41, 5.74) is 0. The molecule has 0 aliphatic carbocycles. The fourth-order valence-electron chi connectivity index (χ4n) is 3.04. The highest BCUT2D eigenvalue weighted by Crippen LogP contribution is 2.54. The van der Waals surface area contributed by atoms with E-state index in [1.165, 1.54) is 15.9 Å². The fourth-order valence-corrected chi connectivity index (χ4v) is 7.08. The molecule has 0 bridgehead atoms. The summed E-state index contributed by atoms with van der Waals surface area (Å²) in [6.45, 7) is 1.82. The molecule has 0 radical (unpaired) electrons. The lowest BCUT2D eigenvalue weighted by atomic mass is 10.4. The van der Waals surface area contributed by atoms with Crippen molar-refractivity contribution < 1.29 is 9.90 Å². The van der Waals surface area contributed by atoms with Gasteiger partial charge in [0.05, 0.1) is 6.16 Å². The van der Waals surface area contributed by atoms with Crippen molar-refractivity contribution in [2.75, 3.05) is 6.16 Å². The lowest BCUT2D eigenvalue weighted by Gasteiger charge is -2.26. The van der Waals surface area contributed by atoms with Gasteiger partial charge in [-0.15, -0.1) is 0 Å². The molecule has 0 spiro atoms. The van der Waals surface area contributed by atoms with Crippen LogP contribution < -0.4 is 21.0 Å². The fraction of sp³-hybridized carbons (Fsp3) is 0.0952. The van der Waals surface area contributed by atoms with Crippen LogP contribution in [0.3, 0.4) is 0 Å². The lowest BCUT2D eigenvalue weighted by Crippen LogP contribution is -2.32. The van der Waals surface area contributed by atoms with Gasteiger partial charge in [-0.2, -0.15) is 0 Å². The number of carboxylic acid groups (broad SMARTS) is 1. The predicted molar refractivity (Wildman–Crippen MR) is 102 cm³/mol. The molecule has 0 N–H and O–H groups in total. The maximum atomic E-state index is 8.25. The Morgan fingerprint density at radius 1 is 0.708 bits per heavy atom. The van der Waals surface area contributed by atoms with Gasteiger partial charge in [-0.05, 0) is 43.3 Å². The van der Waals surface area contributed by atoms with Crippen LogP contribution in [0.2, 0.25) is 0 Å². The smallest absolute Gasteiger partial charge is 0.111 e. The first-order chi connectivity index (χ1) is 11.8. The van der Waals surface area contributed by atoms with Crippen LogP contribution in [-0.2, 0) is 4.79 Å². The molecule has 3 aromatic rings. The van der Waals surface area contributed by atoms with E-state index in [-0.39, 0.29) is 0 Å². The zero-order chi connectivity index (χ0) is 17.3. The summed E-state index contributed by atoms with van der Waals surface area (Å²) in [6, 6.07) is 33.0. The highest BCUT2D eigenvalue weighted by atomic mass is 31.2. The van der Waals surface area contributed by atoms with Crippen molar-refractivity contribution in [1.29, 1.82) is 0 Å². The minimum Gasteiger partial charge on any atom is -0.554 e. The first-order valence-corrected chi connectivity index (χ1v) is 9.87. The van der Waals surface area contributed by atoms with Gasteiger partial charge in [-0.1, -0.05) is 54.6 Å². The molecule has 0 saturated carbocycles. The van der Waals surface area contributed by atoms with Gasteiger partial charge in [-0.3, -0.25) is 0 Å². The Hall–Kier alpha value is -2.44. The number of benzene rings is 3. The Bertz CT molecular complexity index is 631. The maximum absolute atomic E-state index is 8.25. The van der Waals surface area contributed by atoms with Crippen LogP contribution in [0.5, 0.6) is 0 Å². The Kier molecular flexibility index (Phi) is 6.72. The first kappa shape index (κ1) is 17.9. The van der Waals surface area contributed by atoms with Crippen LogP contribution in [0, 0.1) is 0 Å². The second-order valence-electron chi connectivity index (χ2n) is 5.23. The van der Waals surface area contributed by atoms with Gasteiger partial charge in [0.25, 0.3) is 0 Å². The molecule has 0 fully saturated rings. The van der Waals surface area contributed by atoms with Crippen LogP contribution in [0.4, 0.5) is 0 Å². The second kappa shape index (κ2) is 9.00. The Balaban J connectivity index is 0.000000647. The third-order valence-corrected chi connectivity index (χ3v) is 8.55. The van der Waals surface area contributed by atoms with Crippen molar-refractivity contribution >= 4 is 29.6 Å². The second-order valence-corrected chi connectivity index (χ2v) is 9.03. The molecular formula is C21H21O2P. The number of hydrogen-bond donors (Lipinski definition) is 0. The third kappa shape index (κ3) is 3.72. The van der Waals surface area contributed by atoms with Crippen LogP contribution in [-0.4, -0.2) is 12.6 Å². The summed E-state index contributed by atoms with van der Waals surface area (Å²) in [5, 5.41) is 12.6. The number of carbonyl (C=O) groups is 1. The van der Waals surface area contributed by atoms with E-state index < -0.39 is 13.7 Å². The first-order valence-electron chi connectivity index (χ1n) is 7.90. The Morgan fingerprint density at radius 2 is 0.958 bits per heavy atom. The Morgan fingerprint density at radius 3 is 1.17 bits per heavy atom. The van der Waals surface area contributed by atoms with E-state index in [0.717, 1.165) is 6.16 Å². The molecule has 0 unspecified atom stereocenters. The van der Waals surface area contributed by atoms with Crippen LogP contribution in [0.15, 0.2) is 91.0 Å². The minimum atomic E-state index is -1.53. The Labute approximate surface area is 144 Å². The minimum absolute atomic E-state index is 0.500. The lowest BCUT2D eigenvalue weighted by molar-refractivity contribution is -0.283. The molecule has 2 nitrogen and oxygen atoms in total. The van der Waals surface area contributed by atoms with Gasteiger partial charge in [0.2, 0.25) is 0 Å². The molecule has 122 valence electrons. The third-order valence-electron chi connectivity index (χ3n) is 4.07. The van der Waals surface area contributed by atoms with Gasteiger partial charge in [0.15, 0.2) is 0 Å². The number of hydrogen-bond acceptors (Lipinski definition) is 2. The van der Waals surface area contributed by atoms with Gasteiger partial charge in [0.1, 0.15) is 23.2 Å². The van der Waals surface area contributed by atoms with E-state index in [9.17, 15) is 0 Å². The van der Waals surface area contributed by atoms with E-state index >= 15 is 0 Å². The molecule has 0 aliphatic rings. The molecule has 0 saturated heterocycles. The average Bonchev–Trinajstić information content (AvgIpc) is 2.66. The number of rotatable bonds is 4. The molecule has 0 aromatic heterocycles. The quantitative estimate of drug-likeness (QED) is 0.542. The van der Waals surface area contributed by atoms with Gasteiger partial charge >= 0.3 is 0 Å². The molecule has 3 aromatic carbocycles. The predicted octanol–water partition coefficient (Wildman–Crippen LogP) is 2.37. The largest absolute Gasteiger partial charge is 0.554 e. The summed E-state index contributed by atoms with van der Waals surface area (Å²) in [7, 11) is -1.53. The molecule has 3 rings (SSSR count). The maximum Gasteiger partial charge on any atom is 0.111 e. The molecule has 0 atom stereocenters. The summed E-state index contributed by atoms with van der Waals surface area (Å²) in [5.74, 6) is 0. The SMILES string of the molecule is CC[P+](c1ccccc1)(c1ccccc1)c1ccccc1.O=C[O-]. The van der Waals surface area contributed by atoms with E-state index in [2.05, 4.69) is 97.9 Å².